The number of benzene rings is 1. The van der Waals surface area contributed by atoms with Gasteiger partial charge >= 0.3 is 0 Å². The van der Waals surface area contributed by atoms with Crippen LogP contribution in [0.1, 0.15) is 18.7 Å². The molecule has 0 bridgehead atoms. The molecule has 3 rings (SSSR count). The first-order chi connectivity index (χ1) is 10.2. The molecule has 0 aliphatic heterocycles. The number of hydrogen-bond acceptors (Lipinski definition) is 7. The van der Waals surface area contributed by atoms with Gasteiger partial charge < -0.3 is 10.1 Å². The third-order valence-electron chi connectivity index (χ3n) is 3.26. The maximum atomic E-state index is 10.8. The van der Waals surface area contributed by atoms with E-state index < -0.39 is 4.92 Å². The lowest BCUT2D eigenvalue weighted by atomic mass is 10.2. The standard InChI is InChI=1S/C12H14N6O3/c1-21-11-6-9(18(19)20)4-5-10(11)17-12(14-15-16-17)7-13-8-2-3-8/h4-6,8,13H,2-3,7H2,1H3. The zero-order chi connectivity index (χ0) is 14.8. The smallest absolute Gasteiger partial charge is 0.273 e. The number of methoxy groups -OCH3 is 1. The van der Waals surface area contributed by atoms with Crippen LogP contribution in [0.2, 0.25) is 0 Å². The van der Waals surface area contributed by atoms with Crippen molar-refractivity contribution >= 4 is 5.69 Å². The average Bonchev–Trinajstić information content (AvgIpc) is 3.21. The zero-order valence-corrected chi connectivity index (χ0v) is 11.4. The fraction of sp³-hybridized carbons (Fsp3) is 0.417. The van der Waals surface area contributed by atoms with Gasteiger partial charge in [0.05, 0.1) is 24.6 Å². The molecule has 9 nitrogen and oxygen atoms in total. The highest BCUT2D eigenvalue weighted by molar-refractivity contribution is 5.53. The van der Waals surface area contributed by atoms with E-state index in [2.05, 4.69) is 20.8 Å². The van der Waals surface area contributed by atoms with Gasteiger partial charge in [0.1, 0.15) is 5.69 Å². The third kappa shape index (κ3) is 2.82. The van der Waals surface area contributed by atoms with Gasteiger partial charge in [0, 0.05) is 12.1 Å². The van der Waals surface area contributed by atoms with Crippen molar-refractivity contribution in [2.45, 2.75) is 25.4 Å². The normalized spacial score (nSPS) is 14.1. The lowest BCUT2D eigenvalue weighted by Crippen LogP contribution is -2.19. The number of aromatic nitrogens is 4. The first-order valence-corrected chi connectivity index (χ1v) is 6.52. The minimum Gasteiger partial charge on any atom is -0.494 e. The molecule has 1 heterocycles. The van der Waals surface area contributed by atoms with Crippen molar-refractivity contribution in [2.75, 3.05) is 7.11 Å². The van der Waals surface area contributed by atoms with Crippen LogP contribution >= 0.6 is 0 Å². The molecule has 1 fully saturated rings. The van der Waals surface area contributed by atoms with Crippen molar-refractivity contribution in [1.82, 2.24) is 25.5 Å². The van der Waals surface area contributed by atoms with Gasteiger partial charge in [0.2, 0.25) is 0 Å². The van der Waals surface area contributed by atoms with E-state index in [-0.39, 0.29) is 5.69 Å². The summed E-state index contributed by atoms with van der Waals surface area (Å²) < 4.78 is 6.74. The molecule has 1 aliphatic carbocycles. The second kappa shape index (κ2) is 5.44. The molecule has 21 heavy (non-hydrogen) atoms. The number of nitro benzene ring substituents is 1. The predicted molar refractivity (Wildman–Crippen MR) is 72.2 cm³/mol. The van der Waals surface area contributed by atoms with Crippen LogP contribution in [0.5, 0.6) is 5.75 Å². The van der Waals surface area contributed by atoms with Crippen LogP contribution < -0.4 is 10.1 Å². The minimum atomic E-state index is -0.471. The fourth-order valence-electron chi connectivity index (χ4n) is 1.98. The minimum absolute atomic E-state index is 0.0404. The van der Waals surface area contributed by atoms with Gasteiger partial charge in [-0.25, -0.2) is 0 Å². The Labute approximate surface area is 120 Å². The van der Waals surface area contributed by atoms with Gasteiger partial charge in [-0.2, -0.15) is 4.68 Å². The lowest BCUT2D eigenvalue weighted by Gasteiger charge is -2.09. The lowest BCUT2D eigenvalue weighted by molar-refractivity contribution is -0.384. The summed E-state index contributed by atoms with van der Waals surface area (Å²) in [5.74, 6) is 0.984. The van der Waals surface area contributed by atoms with E-state index in [0.29, 0.717) is 29.8 Å². The number of non-ortho nitro benzene ring substituents is 1. The Morgan fingerprint density at radius 3 is 3.00 bits per heavy atom. The van der Waals surface area contributed by atoms with Crippen LogP contribution in [0.3, 0.4) is 0 Å². The Kier molecular flexibility index (Phi) is 3.48. The molecule has 2 aromatic rings. The molecule has 1 saturated carbocycles. The van der Waals surface area contributed by atoms with E-state index in [4.69, 9.17) is 4.74 Å². The van der Waals surface area contributed by atoms with E-state index >= 15 is 0 Å². The Hall–Kier alpha value is -2.55. The number of nitrogens with zero attached hydrogens (tertiary/aromatic N) is 5. The van der Waals surface area contributed by atoms with E-state index in [1.807, 2.05) is 0 Å². The zero-order valence-electron chi connectivity index (χ0n) is 11.4. The molecule has 1 N–H and O–H groups in total. The predicted octanol–water partition coefficient (Wildman–Crippen LogP) is 0.831. The van der Waals surface area contributed by atoms with Crippen molar-refractivity contribution in [3.8, 4) is 11.4 Å². The molecule has 0 saturated heterocycles. The molecule has 0 spiro atoms. The Bertz CT molecular complexity index is 667. The van der Waals surface area contributed by atoms with Crippen LogP contribution in [-0.2, 0) is 6.54 Å². The van der Waals surface area contributed by atoms with Crippen LogP contribution in [-0.4, -0.2) is 38.3 Å². The van der Waals surface area contributed by atoms with E-state index in [9.17, 15) is 10.1 Å². The molecule has 9 heteroatoms. The van der Waals surface area contributed by atoms with Crippen molar-refractivity contribution < 1.29 is 9.66 Å². The summed E-state index contributed by atoms with van der Waals surface area (Å²) in [5, 5.41) is 25.7. The average molecular weight is 290 g/mol. The van der Waals surface area contributed by atoms with Crippen molar-refractivity contribution in [1.29, 1.82) is 0 Å². The van der Waals surface area contributed by atoms with Crippen molar-refractivity contribution in [3.63, 3.8) is 0 Å². The summed E-state index contributed by atoms with van der Waals surface area (Å²) in [6.45, 7) is 0.539. The van der Waals surface area contributed by atoms with E-state index in [1.165, 1.54) is 36.8 Å². The van der Waals surface area contributed by atoms with Crippen LogP contribution in [0.25, 0.3) is 5.69 Å². The molecule has 0 unspecified atom stereocenters. The van der Waals surface area contributed by atoms with Crippen molar-refractivity contribution in [2.24, 2.45) is 0 Å². The fourth-order valence-corrected chi connectivity index (χ4v) is 1.98. The number of nitrogens with one attached hydrogen (secondary N) is 1. The highest BCUT2D eigenvalue weighted by Gasteiger charge is 2.22. The molecule has 0 amide bonds. The Morgan fingerprint density at radius 1 is 1.52 bits per heavy atom. The van der Waals surface area contributed by atoms with Gasteiger partial charge in [-0.15, -0.1) is 5.10 Å². The third-order valence-corrected chi connectivity index (χ3v) is 3.26. The van der Waals surface area contributed by atoms with Gasteiger partial charge in [-0.3, -0.25) is 10.1 Å². The van der Waals surface area contributed by atoms with E-state index in [1.54, 1.807) is 6.07 Å². The highest BCUT2D eigenvalue weighted by atomic mass is 16.6. The summed E-state index contributed by atoms with van der Waals surface area (Å²) in [6, 6.07) is 4.87. The Morgan fingerprint density at radius 2 is 2.33 bits per heavy atom. The monoisotopic (exact) mass is 290 g/mol. The highest BCUT2D eigenvalue weighted by Crippen LogP contribution is 2.28. The van der Waals surface area contributed by atoms with Crippen LogP contribution in [0.15, 0.2) is 18.2 Å². The summed E-state index contributed by atoms with van der Waals surface area (Å²) in [5.41, 5.74) is 0.530. The topological polar surface area (TPSA) is 108 Å². The number of hydrogen-bond donors (Lipinski definition) is 1. The quantitative estimate of drug-likeness (QED) is 0.620. The van der Waals surface area contributed by atoms with Crippen molar-refractivity contribution in [3.05, 3.63) is 34.1 Å². The van der Waals surface area contributed by atoms with Crippen LogP contribution in [0, 0.1) is 10.1 Å². The number of tetrazole rings is 1. The maximum absolute atomic E-state index is 10.8. The van der Waals surface area contributed by atoms with Gasteiger partial charge in [0.25, 0.3) is 5.69 Å². The number of nitro groups is 1. The molecule has 0 radical (unpaired) electrons. The summed E-state index contributed by atoms with van der Waals surface area (Å²) in [6.07, 6.45) is 2.34. The second-order valence-electron chi connectivity index (χ2n) is 4.78. The van der Waals surface area contributed by atoms with Gasteiger partial charge in [-0.05, 0) is 29.3 Å². The first-order valence-electron chi connectivity index (χ1n) is 6.52. The molecule has 110 valence electrons. The number of rotatable bonds is 6. The molecule has 1 aromatic heterocycles. The van der Waals surface area contributed by atoms with Crippen LogP contribution in [0.4, 0.5) is 5.69 Å². The van der Waals surface area contributed by atoms with E-state index in [0.717, 1.165) is 0 Å². The summed E-state index contributed by atoms with van der Waals surface area (Å²) in [4.78, 5) is 10.3. The molecule has 0 atom stereocenters. The SMILES string of the molecule is COc1cc([N+](=O)[O-])ccc1-n1nnnc1CNC1CC1. The molecular weight excluding hydrogens is 276 g/mol. The van der Waals surface area contributed by atoms with Gasteiger partial charge in [0.15, 0.2) is 11.6 Å². The molecule has 1 aromatic carbocycles. The molecule has 1 aliphatic rings. The summed E-state index contributed by atoms with van der Waals surface area (Å²) in [7, 11) is 1.45. The van der Waals surface area contributed by atoms with Gasteiger partial charge in [-0.1, -0.05) is 0 Å². The Balaban J connectivity index is 1.91. The maximum Gasteiger partial charge on any atom is 0.273 e. The first kappa shape index (κ1) is 13.4. The largest absolute Gasteiger partial charge is 0.494 e. The molecular formula is C12H14N6O3. The number of ether oxygens (including phenoxy) is 1. The summed E-state index contributed by atoms with van der Waals surface area (Å²) >= 11 is 0. The second-order valence-corrected chi connectivity index (χ2v) is 4.78.